The third-order valence-corrected chi connectivity index (χ3v) is 2.86. The first-order valence-electron chi connectivity index (χ1n) is 5.23. The van der Waals surface area contributed by atoms with Crippen molar-refractivity contribution in [2.24, 2.45) is 0 Å². The highest BCUT2D eigenvalue weighted by molar-refractivity contribution is 5.95. The molecule has 3 aromatic rings. The summed E-state index contributed by atoms with van der Waals surface area (Å²) in [5.41, 5.74) is 3.75. The van der Waals surface area contributed by atoms with Gasteiger partial charge in [0.1, 0.15) is 0 Å². The molecule has 0 bridgehead atoms. The van der Waals surface area contributed by atoms with Gasteiger partial charge in [-0.2, -0.15) is 0 Å². The van der Waals surface area contributed by atoms with Crippen LogP contribution in [0.15, 0.2) is 42.9 Å². The Kier molecular flexibility index (Phi) is 1.75. The summed E-state index contributed by atoms with van der Waals surface area (Å²) in [5, 5.41) is 1.24. The lowest BCUT2D eigenvalue weighted by Crippen LogP contribution is -1.89. The number of aromatic nitrogens is 2. The van der Waals surface area contributed by atoms with E-state index in [0.717, 1.165) is 11.9 Å². The fourth-order valence-corrected chi connectivity index (χ4v) is 2.09. The molecule has 2 nitrogen and oxygen atoms in total. The fraction of sp³-hybridized carbons (Fsp3) is 0.154. The van der Waals surface area contributed by atoms with Crippen molar-refractivity contribution in [2.45, 2.75) is 13.3 Å². The summed E-state index contributed by atoms with van der Waals surface area (Å²) in [4.78, 5) is 4.42. The summed E-state index contributed by atoms with van der Waals surface area (Å²) in [7, 11) is 0. The van der Waals surface area contributed by atoms with Gasteiger partial charge < -0.3 is 4.40 Å². The first-order chi connectivity index (χ1) is 7.40. The van der Waals surface area contributed by atoms with Crippen LogP contribution in [0, 0.1) is 0 Å². The summed E-state index contributed by atoms with van der Waals surface area (Å²) in [6.45, 7) is 2.19. The normalized spacial score (nSPS) is 11.3. The van der Waals surface area contributed by atoms with Crippen LogP contribution in [-0.2, 0) is 6.42 Å². The van der Waals surface area contributed by atoms with Crippen molar-refractivity contribution in [3.05, 3.63) is 48.4 Å². The molecule has 2 heterocycles. The Hall–Kier alpha value is -1.83. The summed E-state index contributed by atoms with van der Waals surface area (Å²) < 4.78 is 2.10. The van der Waals surface area contributed by atoms with E-state index in [1.54, 1.807) is 0 Å². The van der Waals surface area contributed by atoms with Crippen LogP contribution in [0.4, 0.5) is 0 Å². The predicted octanol–water partition coefficient (Wildman–Crippen LogP) is 3.05. The Morgan fingerprint density at radius 3 is 2.93 bits per heavy atom. The number of para-hydroxylation sites is 1. The van der Waals surface area contributed by atoms with Crippen LogP contribution in [0.1, 0.15) is 12.5 Å². The molecule has 0 saturated carbocycles. The molecule has 0 amide bonds. The Morgan fingerprint density at radius 1 is 1.20 bits per heavy atom. The van der Waals surface area contributed by atoms with Gasteiger partial charge >= 0.3 is 0 Å². The summed E-state index contributed by atoms with van der Waals surface area (Å²) in [6, 6.07) is 10.5. The van der Waals surface area contributed by atoms with Gasteiger partial charge in [-0.25, -0.2) is 4.98 Å². The van der Waals surface area contributed by atoms with E-state index >= 15 is 0 Å². The highest BCUT2D eigenvalue weighted by Crippen LogP contribution is 2.22. The molecule has 0 aliphatic heterocycles. The van der Waals surface area contributed by atoms with Gasteiger partial charge in [0.2, 0.25) is 0 Å². The van der Waals surface area contributed by atoms with E-state index < -0.39 is 0 Å². The maximum absolute atomic E-state index is 4.42. The number of nitrogens with zero attached hydrogens (tertiary/aromatic N) is 2. The van der Waals surface area contributed by atoms with Crippen LogP contribution >= 0.6 is 0 Å². The van der Waals surface area contributed by atoms with E-state index in [1.807, 2.05) is 12.4 Å². The quantitative estimate of drug-likeness (QED) is 0.584. The molecule has 74 valence electrons. The molecule has 0 atom stereocenters. The third kappa shape index (κ3) is 1.14. The molecule has 0 aliphatic rings. The zero-order valence-corrected chi connectivity index (χ0v) is 8.64. The average molecular weight is 196 g/mol. The molecule has 1 aromatic carbocycles. The molecule has 0 aliphatic carbocycles. The number of hydrogen-bond donors (Lipinski definition) is 0. The number of aryl methyl sites for hydroxylation is 1. The van der Waals surface area contributed by atoms with Crippen LogP contribution in [0.5, 0.6) is 0 Å². The van der Waals surface area contributed by atoms with Gasteiger partial charge in [-0.05, 0) is 24.1 Å². The molecule has 0 fully saturated rings. The van der Waals surface area contributed by atoms with Crippen molar-refractivity contribution >= 4 is 16.4 Å². The predicted molar refractivity (Wildman–Crippen MR) is 62.1 cm³/mol. The molecule has 15 heavy (non-hydrogen) atoms. The molecular weight excluding hydrogens is 184 g/mol. The van der Waals surface area contributed by atoms with Crippen LogP contribution in [-0.4, -0.2) is 9.38 Å². The SMILES string of the molecule is CCc1ccn2cnc3ccccc3c12. The van der Waals surface area contributed by atoms with Crippen molar-refractivity contribution in [2.75, 3.05) is 0 Å². The molecule has 0 saturated heterocycles. The Morgan fingerprint density at radius 2 is 2.07 bits per heavy atom. The standard InChI is InChI=1S/C13H12N2/c1-2-10-7-8-15-9-14-12-6-4-3-5-11(12)13(10)15/h3-9H,2H2,1H3. The lowest BCUT2D eigenvalue weighted by Gasteiger charge is -2.02. The van der Waals surface area contributed by atoms with E-state index in [1.165, 1.54) is 16.5 Å². The third-order valence-electron chi connectivity index (χ3n) is 2.86. The molecule has 0 radical (unpaired) electrons. The zero-order chi connectivity index (χ0) is 10.3. The maximum Gasteiger partial charge on any atom is 0.0998 e. The fourth-order valence-electron chi connectivity index (χ4n) is 2.09. The Balaban J connectivity index is 2.56. The average Bonchev–Trinajstić information content (AvgIpc) is 2.72. The second kappa shape index (κ2) is 3.09. The first-order valence-corrected chi connectivity index (χ1v) is 5.23. The molecule has 0 N–H and O–H groups in total. The minimum Gasteiger partial charge on any atom is -0.307 e. The van der Waals surface area contributed by atoms with Crippen molar-refractivity contribution in [1.82, 2.24) is 9.38 Å². The van der Waals surface area contributed by atoms with E-state index in [2.05, 4.69) is 46.8 Å². The second-order valence-electron chi connectivity index (χ2n) is 3.71. The van der Waals surface area contributed by atoms with Gasteiger partial charge in [0.25, 0.3) is 0 Å². The van der Waals surface area contributed by atoms with Crippen molar-refractivity contribution in [3.63, 3.8) is 0 Å². The lowest BCUT2D eigenvalue weighted by molar-refractivity contribution is 1.11. The lowest BCUT2D eigenvalue weighted by atomic mass is 10.1. The van der Waals surface area contributed by atoms with Crippen molar-refractivity contribution in [1.29, 1.82) is 0 Å². The topological polar surface area (TPSA) is 17.3 Å². The minimum atomic E-state index is 1.06. The van der Waals surface area contributed by atoms with E-state index in [0.29, 0.717) is 0 Å². The van der Waals surface area contributed by atoms with E-state index in [4.69, 9.17) is 0 Å². The number of rotatable bonds is 1. The highest BCUT2D eigenvalue weighted by atomic mass is 14.9. The molecule has 0 unspecified atom stereocenters. The Labute approximate surface area is 88.2 Å². The number of benzene rings is 1. The summed E-state index contributed by atoms with van der Waals surface area (Å²) >= 11 is 0. The van der Waals surface area contributed by atoms with Crippen LogP contribution in [0.25, 0.3) is 16.4 Å². The minimum absolute atomic E-state index is 1.06. The monoisotopic (exact) mass is 196 g/mol. The highest BCUT2D eigenvalue weighted by Gasteiger charge is 2.05. The molecule has 0 spiro atoms. The molecule has 2 heteroatoms. The number of hydrogen-bond acceptors (Lipinski definition) is 1. The van der Waals surface area contributed by atoms with Crippen LogP contribution in [0.3, 0.4) is 0 Å². The summed E-state index contributed by atoms with van der Waals surface area (Å²) in [6.07, 6.45) is 5.02. The van der Waals surface area contributed by atoms with Gasteiger partial charge in [-0.15, -0.1) is 0 Å². The van der Waals surface area contributed by atoms with Crippen LogP contribution < -0.4 is 0 Å². The zero-order valence-electron chi connectivity index (χ0n) is 8.64. The van der Waals surface area contributed by atoms with Gasteiger partial charge in [0.15, 0.2) is 0 Å². The van der Waals surface area contributed by atoms with E-state index in [-0.39, 0.29) is 0 Å². The Bertz CT molecular complexity index is 623. The first kappa shape index (κ1) is 8.48. The van der Waals surface area contributed by atoms with Gasteiger partial charge in [-0.1, -0.05) is 25.1 Å². The molecule has 3 rings (SSSR count). The second-order valence-corrected chi connectivity index (χ2v) is 3.71. The van der Waals surface area contributed by atoms with Gasteiger partial charge in [0, 0.05) is 11.6 Å². The largest absolute Gasteiger partial charge is 0.307 e. The van der Waals surface area contributed by atoms with Crippen molar-refractivity contribution < 1.29 is 0 Å². The van der Waals surface area contributed by atoms with Gasteiger partial charge in [-0.3, -0.25) is 0 Å². The van der Waals surface area contributed by atoms with Gasteiger partial charge in [0.05, 0.1) is 17.4 Å². The molecular formula is C13H12N2. The van der Waals surface area contributed by atoms with Crippen LogP contribution in [0.2, 0.25) is 0 Å². The maximum atomic E-state index is 4.42. The molecule has 2 aromatic heterocycles. The van der Waals surface area contributed by atoms with Crippen molar-refractivity contribution in [3.8, 4) is 0 Å². The smallest absolute Gasteiger partial charge is 0.0998 e. The summed E-state index contributed by atoms with van der Waals surface area (Å²) in [5.74, 6) is 0. The number of fused-ring (bicyclic) bond motifs is 3. The van der Waals surface area contributed by atoms with E-state index in [9.17, 15) is 0 Å².